The van der Waals surface area contributed by atoms with E-state index >= 15 is 0 Å². The van der Waals surface area contributed by atoms with Crippen molar-refractivity contribution in [2.45, 2.75) is 13.3 Å². The Morgan fingerprint density at radius 3 is 2.81 bits per heavy atom. The lowest BCUT2D eigenvalue weighted by Gasteiger charge is -2.09. The zero-order valence-electron chi connectivity index (χ0n) is 11.5. The maximum atomic E-state index is 12.2. The van der Waals surface area contributed by atoms with Crippen LogP contribution >= 0.6 is 22.9 Å². The fourth-order valence-corrected chi connectivity index (χ4v) is 2.59. The summed E-state index contributed by atoms with van der Waals surface area (Å²) in [5.74, 6) is -0.883. The number of thiazole rings is 1. The maximum Gasteiger partial charge on any atom is 0.340 e. The van der Waals surface area contributed by atoms with Crippen molar-refractivity contribution in [1.82, 2.24) is 4.98 Å². The number of nitrogens with one attached hydrogen (secondary N) is 1. The number of rotatable bonds is 4. The zero-order valence-corrected chi connectivity index (χ0v) is 13.0. The van der Waals surface area contributed by atoms with E-state index in [0.29, 0.717) is 15.6 Å². The highest BCUT2D eigenvalue weighted by atomic mass is 35.5. The van der Waals surface area contributed by atoms with Crippen LogP contribution in [0.1, 0.15) is 32.0 Å². The van der Waals surface area contributed by atoms with Gasteiger partial charge in [-0.25, -0.2) is 9.78 Å². The molecule has 0 aliphatic carbocycles. The highest BCUT2D eigenvalue weighted by Crippen LogP contribution is 2.23. The van der Waals surface area contributed by atoms with Crippen molar-refractivity contribution in [3.63, 3.8) is 0 Å². The number of benzene rings is 1. The lowest BCUT2D eigenvalue weighted by molar-refractivity contribution is 0.0602. The molecular formula is C14H13ClN2O3S. The SMILES string of the molecule is CCc1ncc(C(=O)Nc2ccc(Cl)cc2C(=O)OC)s1. The van der Waals surface area contributed by atoms with E-state index < -0.39 is 5.97 Å². The first kappa shape index (κ1) is 15.5. The van der Waals surface area contributed by atoms with Crippen LogP contribution in [0.2, 0.25) is 5.02 Å². The number of hydrogen-bond acceptors (Lipinski definition) is 5. The predicted octanol–water partition coefficient (Wildman–Crippen LogP) is 3.40. The smallest absolute Gasteiger partial charge is 0.340 e. The Balaban J connectivity index is 2.26. The fourth-order valence-electron chi connectivity index (χ4n) is 1.67. The van der Waals surface area contributed by atoms with Gasteiger partial charge in [0.25, 0.3) is 5.91 Å². The summed E-state index contributed by atoms with van der Waals surface area (Å²) in [6, 6.07) is 4.61. The Morgan fingerprint density at radius 1 is 1.43 bits per heavy atom. The van der Waals surface area contributed by atoms with Gasteiger partial charge in [-0.1, -0.05) is 18.5 Å². The molecule has 1 aromatic carbocycles. The Hall–Kier alpha value is -1.92. The van der Waals surface area contributed by atoms with Crippen molar-refractivity contribution in [1.29, 1.82) is 0 Å². The maximum absolute atomic E-state index is 12.2. The molecule has 1 amide bonds. The molecule has 0 aliphatic heterocycles. The minimum Gasteiger partial charge on any atom is -0.465 e. The van der Waals surface area contributed by atoms with Crippen LogP contribution in [0.3, 0.4) is 0 Å². The van der Waals surface area contributed by atoms with Gasteiger partial charge in [0.05, 0.1) is 29.6 Å². The molecule has 0 fully saturated rings. The molecular weight excluding hydrogens is 312 g/mol. The van der Waals surface area contributed by atoms with Gasteiger partial charge in [0.1, 0.15) is 4.88 Å². The molecule has 0 saturated heterocycles. The molecule has 0 unspecified atom stereocenters. The average Bonchev–Trinajstić information content (AvgIpc) is 2.97. The molecule has 0 spiro atoms. The van der Waals surface area contributed by atoms with E-state index in [4.69, 9.17) is 11.6 Å². The molecule has 0 atom stereocenters. The molecule has 1 heterocycles. The van der Waals surface area contributed by atoms with Gasteiger partial charge in [0.15, 0.2) is 0 Å². The van der Waals surface area contributed by atoms with Gasteiger partial charge in [-0.2, -0.15) is 0 Å². The summed E-state index contributed by atoms with van der Waals surface area (Å²) in [5.41, 5.74) is 0.557. The van der Waals surface area contributed by atoms with E-state index in [0.717, 1.165) is 11.4 Å². The van der Waals surface area contributed by atoms with Crippen molar-refractivity contribution < 1.29 is 14.3 Å². The van der Waals surface area contributed by atoms with Crippen LogP contribution in [0.25, 0.3) is 0 Å². The van der Waals surface area contributed by atoms with Crippen LogP contribution in [-0.4, -0.2) is 24.0 Å². The number of aromatic nitrogens is 1. The van der Waals surface area contributed by atoms with E-state index in [-0.39, 0.29) is 11.5 Å². The van der Waals surface area contributed by atoms with Crippen LogP contribution in [-0.2, 0) is 11.2 Å². The van der Waals surface area contributed by atoms with Crippen LogP contribution in [0.4, 0.5) is 5.69 Å². The Labute approximate surface area is 130 Å². The number of carbonyl (C=O) groups excluding carboxylic acids is 2. The first-order valence-corrected chi connectivity index (χ1v) is 7.38. The lowest BCUT2D eigenvalue weighted by Crippen LogP contribution is -2.14. The molecule has 1 aromatic heterocycles. The number of carbonyl (C=O) groups is 2. The number of aryl methyl sites for hydroxylation is 1. The molecule has 0 radical (unpaired) electrons. The second-order valence-corrected chi connectivity index (χ2v) is 5.66. The first-order valence-electron chi connectivity index (χ1n) is 6.19. The third-order valence-electron chi connectivity index (χ3n) is 2.71. The Morgan fingerprint density at radius 2 is 2.19 bits per heavy atom. The lowest BCUT2D eigenvalue weighted by atomic mass is 10.1. The summed E-state index contributed by atoms with van der Waals surface area (Å²) in [5, 5.41) is 3.95. The summed E-state index contributed by atoms with van der Waals surface area (Å²) in [6.45, 7) is 1.97. The number of methoxy groups -OCH3 is 1. The largest absolute Gasteiger partial charge is 0.465 e. The van der Waals surface area contributed by atoms with Crippen molar-refractivity contribution in [2.24, 2.45) is 0 Å². The van der Waals surface area contributed by atoms with Crippen molar-refractivity contribution >= 4 is 40.5 Å². The summed E-state index contributed by atoms with van der Waals surface area (Å²) < 4.78 is 4.68. The molecule has 1 N–H and O–H groups in total. The molecule has 0 aliphatic rings. The molecule has 21 heavy (non-hydrogen) atoms. The summed E-state index contributed by atoms with van der Waals surface area (Å²) >= 11 is 7.18. The fraction of sp³-hybridized carbons (Fsp3) is 0.214. The van der Waals surface area contributed by atoms with E-state index in [1.54, 1.807) is 12.1 Å². The van der Waals surface area contributed by atoms with Gasteiger partial charge >= 0.3 is 5.97 Å². The first-order chi connectivity index (χ1) is 10.0. The molecule has 2 aromatic rings. The second kappa shape index (κ2) is 6.69. The number of nitrogens with zero attached hydrogens (tertiary/aromatic N) is 1. The van der Waals surface area contributed by atoms with E-state index in [2.05, 4.69) is 15.0 Å². The van der Waals surface area contributed by atoms with Gasteiger partial charge in [0.2, 0.25) is 0 Å². The van der Waals surface area contributed by atoms with Gasteiger partial charge in [0, 0.05) is 5.02 Å². The zero-order chi connectivity index (χ0) is 15.4. The normalized spacial score (nSPS) is 10.2. The topological polar surface area (TPSA) is 68.3 Å². The van der Waals surface area contributed by atoms with Crippen LogP contribution in [0.15, 0.2) is 24.4 Å². The molecule has 2 rings (SSSR count). The Bertz CT molecular complexity index is 685. The van der Waals surface area contributed by atoms with Crippen molar-refractivity contribution in [3.05, 3.63) is 44.9 Å². The number of anilines is 1. The van der Waals surface area contributed by atoms with Crippen LogP contribution in [0.5, 0.6) is 0 Å². The number of amides is 1. The Kier molecular flexibility index (Phi) is 4.93. The summed E-state index contributed by atoms with van der Waals surface area (Å²) in [4.78, 5) is 28.5. The highest BCUT2D eigenvalue weighted by Gasteiger charge is 2.16. The third kappa shape index (κ3) is 3.59. The van der Waals surface area contributed by atoms with E-state index in [1.807, 2.05) is 6.92 Å². The highest BCUT2D eigenvalue weighted by molar-refractivity contribution is 7.13. The number of esters is 1. The van der Waals surface area contributed by atoms with Crippen molar-refractivity contribution in [2.75, 3.05) is 12.4 Å². The number of halogens is 1. The van der Waals surface area contributed by atoms with E-state index in [1.165, 1.54) is 30.7 Å². The van der Waals surface area contributed by atoms with Gasteiger partial charge in [-0.05, 0) is 24.6 Å². The van der Waals surface area contributed by atoms with Crippen LogP contribution < -0.4 is 5.32 Å². The van der Waals surface area contributed by atoms with Gasteiger partial charge in [-0.15, -0.1) is 11.3 Å². The van der Waals surface area contributed by atoms with Crippen LogP contribution in [0, 0.1) is 0 Å². The minimum absolute atomic E-state index is 0.207. The molecule has 110 valence electrons. The van der Waals surface area contributed by atoms with Crippen molar-refractivity contribution in [3.8, 4) is 0 Å². The standard InChI is InChI=1S/C14H13ClN2O3S/c1-3-12-16-7-11(21-12)13(18)17-10-5-4-8(15)6-9(10)14(19)20-2/h4-7H,3H2,1-2H3,(H,17,18). The monoisotopic (exact) mass is 324 g/mol. The number of hydrogen-bond donors (Lipinski definition) is 1. The third-order valence-corrected chi connectivity index (χ3v) is 4.09. The predicted molar refractivity (Wildman–Crippen MR) is 82.2 cm³/mol. The molecule has 0 bridgehead atoms. The molecule has 5 nitrogen and oxygen atoms in total. The molecule has 0 saturated carbocycles. The molecule has 7 heteroatoms. The second-order valence-electron chi connectivity index (χ2n) is 4.11. The number of ether oxygens (including phenoxy) is 1. The van der Waals surface area contributed by atoms with Gasteiger partial charge < -0.3 is 10.1 Å². The minimum atomic E-state index is -0.564. The summed E-state index contributed by atoms with van der Waals surface area (Å²) in [6.07, 6.45) is 2.29. The van der Waals surface area contributed by atoms with Gasteiger partial charge in [-0.3, -0.25) is 4.79 Å². The van der Waals surface area contributed by atoms with E-state index in [9.17, 15) is 9.59 Å². The average molecular weight is 325 g/mol. The summed E-state index contributed by atoms with van der Waals surface area (Å²) in [7, 11) is 1.27. The quantitative estimate of drug-likeness (QED) is 0.875.